The van der Waals surface area contributed by atoms with E-state index in [-0.39, 0.29) is 29.5 Å². The lowest BCUT2D eigenvalue weighted by molar-refractivity contribution is 0.214. The number of hydrogen-bond acceptors (Lipinski definition) is 6. The molecule has 1 rings (SSSR count). The molecule has 0 bridgehead atoms. The van der Waals surface area contributed by atoms with E-state index < -0.39 is 0 Å². The largest absolute Gasteiger partial charge is 0.357 e. The standard InChI is InChI=1S/C10H22N4S2.HI/c1-8(12(2)3)7-14(6)10-11-9(13(4)5)15-16-10;/h8,10H,7H2,1-6H3;1H. The van der Waals surface area contributed by atoms with E-state index in [0.717, 1.165) is 11.7 Å². The summed E-state index contributed by atoms with van der Waals surface area (Å²) in [7, 11) is 14.0. The first-order valence-electron chi connectivity index (χ1n) is 5.37. The molecule has 1 aliphatic rings. The molecule has 0 amide bonds. The average molecular weight is 390 g/mol. The van der Waals surface area contributed by atoms with E-state index in [1.807, 2.05) is 24.9 Å². The smallest absolute Gasteiger partial charge is 0.172 e. The van der Waals surface area contributed by atoms with Gasteiger partial charge in [-0.3, -0.25) is 4.90 Å². The van der Waals surface area contributed by atoms with Gasteiger partial charge in [-0.2, -0.15) is 0 Å². The number of halogens is 1. The average Bonchev–Trinajstić information content (AvgIpc) is 2.65. The van der Waals surface area contributed by atoms with Crippen molar-refractivity contribution in [3.63, 3.8) is 0 Å². The van der Waals surface area contributed by atoms with Crippen LogP contribution in [0.25, 0.3) is 0 Å². The maximum atomic E-state index is 4.68. The van der Waals surface area contributed by atoms with Crippen molar-refractivity contribution in [3.8, 4) is 0 Å². The Kier molecular flexibility index (Phi) is 8.47. The summed E-state index contributed by atoms with van der Waals surface area (Å²) >= 11 is 0. The molecular weight excluding hydrogens is 367 g/mol. The second kappa shape index (κ2) is 8.08. The van der Waals surface area contributed by atoms with Gasteiger partial charge < -0.3 is 9.80 Å². The fourth-order valence-electron chi connectivity index (χ4n) is 1.26. The van der Waals surface area contributed by atoms with Gasteiger partial charge in [-0.05, 0) is 49.7 Å². The summed E-state index contributed by atoms with van der Waals surface area (Å²) in [6.07, 6.45) is 0. The Morgan fingerprint density at radius 2 is 1.82 bits per heavy atom. The molecule has 0 N–H and O–H groups in total. The van der Waals surface area contributed by atoms with Crippen molar-refractivity contribution in [2.24, 2.45) is 4.99 Å². The number of amidine groups is 1. The van der Waals surface area contributed by atoms with Crippen molar-refractivity contribution in [2.45, 2.75) is 18.5 Å². The molecule has 0 aromatic carbocycles. The molecule has 0 saturated carbocycles. The Hall–Kier alpha value is 0.820. The fraction of sp³-hybridized carbons (Fsp3) is 0.900. The van der Waals surface area contributed by atoms with E-state index in [0.29, 0.717) is 6.04 Å². The van der Waals surface area contributed by atoms with Gasteiger partial charge in [0.2, 0.25) is 0 Å². The lowest BCUT2D eigenvalue weighted by Crippen LogP contribution is -2.39. The maximum absolute atomic E-state index is 4.68. The summed E-state index contributed by atoms with van der Waals surface area (Å²) in [5.74, 6) is 0. The lowest BCUT2D eigenvalue weighted by atomic mass is 10.3. The van der Waals surface area contributed by atoms with Crippen LogP contribution in [0.3, 0.4) is 0 Å². The highest BCUT2D eigenvalue weighted by atomic mass is 127. The highest BCUT2D eigenvalue weighted by molar-refractivity contribution is 14.0. The van der Waals surface area contributed by atoms with Crippen LogP contribution in [0.15, 0.2) is 4.99 Å². The normalized spacial score (nSPS) is 21.4. The number of nitrogens with zero attached hydrogens (tertiary/aromatic N) is 4. The van der Waals surface area contributed by atoms with Gasteiger partial charge in [0.1, 0.15) is 0 Å². The third kappa shape index (κ3) is 5.54. The van der Waals surface area contributed by atoms with Gasteiger partial charge in [0, 0.05) is 26.7 Å². The van der Waals surface area contributed by atoms with Gasteiger partial charge in [-0.15, -0.1) is 24.0 Å². The third-order valence-electron chi connectivity index (χ3n) is 2.62. The number of likely N-dealkylation sites (N-methyl/N-ethyl adjacent to an activating group) is 2. The molecule has 0 saturated heterocycles. The SMILES string of the molecule is CC(CN(C)C1N=C(N(C)C)SS1)N(C)C.I. The number of hydrogen-bond donors (Lipinski definition) is 0. The molecule has 4 nitrogen and oxygen atoms in total. The van der Waals surface area contributed by atoms with Gasteiger partial charge in [0.25, 0.3) is 0 Å². The first-order valence-corrected chi connectivity index (χ1v) is 7.58. The van der Waals surface area contributed by atoms with E-state index in [1.54, 1.807) is 10.8 Å². The van der Waals surface area contributed by atoms with E-state index in [1.165, 1.54) is 0 Å². The number of rotatable bonds is 4. The quantitative estimate of drug-likeness (QED) is 0.540. The van der Waals surface area contributed by atoms with Crippen LogP contribution in [-0.2, 0) is 0 Å². The molecule has 102 valence electrons. The summed E-state index contributed by atoms with van der Waals surface area (Å²) < 4.78 is 0. The zero-order valence-electron chi connectivity index (χ0n) is 11.4. The molecule has 7 heteroatoms. The van der Waals surface area contributed by atoms with Crippen LogP contribution in [0, 0.1) is 0 Å². The molecule has 0 aromatic heterocycles. The third-order valence-corrected chi connectivity index (χ3v) is 5.23. The van der Waals surface area contributed by atoms with E-state index in [4.69, 9.17) is 0 Å². The zero-order valence-corrected chi connectivity index (χ0v) is 15.3. The van der Waals surface area contributed by atoms with Crippen LogP contribution >= 0.6 is 45.6 Å². The van der Waals surface area contributed by atoms with Crippen molar-refractivity contribution in [1.29, 1.82) is 0 Å². The van der Waals surface area contributed by atoms with Gasteiger partial charge in [0.05, 0.1) is 0 Å². The van der Waals surface area contributed by atoms with E-state index in [9.17, 15) is 0 Å². The molecule has 1 heterocycles. The van der Waals surface area contributed by atoms with Crippen molar-refractivity contribution >= 4 is 50.7 Å². The molecular formula is C10H23IN4S2. The Bertz CT molecular complexity index is 261. The van der Waals surface area contributed by atoms with Gasteiger partial charge >= 0.3 is 0 Å². The van der Waals surface area contributed by atoms with Crippen LogP contribution in [0.2, 0.25) is 0 Å². The van der Waals surface area contributed by atoms with Crippen LogP contribution < -0.4 is 0 Å². The maximum Gasteiger partial charge on any atom is 0.172 e. The second-order valence-corrected chi connectivity index (χ2v) is 6.79. The zero-order chi connectivity index (χ0) is 12.3. The van der Waals surface area contributed by atoms with E-state index in [2.05, 4.69) is 47.8 Å². The Morgan fingerprint density at radius 1 is 1.24 bits per heavy atom. The minimum Gasteiger partial charge on any atom is -0.357 e. The molecule has 1 aliphatic heterocycles. The van der Waals surface area contributed by atoms with Crippen LogP contribution in [0.4, 0.5) is 0 Å². The summed E-state index contributed by atoms with van der Waals surface area (Å²) in [4.78, 5) is 11.3. The highest BCUT2D eigenvalue weighted by Gasteiger charge is 2.25. The van der Waals surface area contributed by atoms with Gasteiger partial charge in [0.15, 0.2) is 10.7 Å². The van der Waals surface area contributed by atoms with Crippen LogP contribution in [0.5, 0.6) is 0 Å². The van der Waals surface area contributed by atoms with Gasteiger partial charge in [-0.1, -0.05) is 0 Å². The Labute approximate surface area is 130 Å². The molecule has 2 unspecified atom stereocenters. The van der Waals surface area contributed by atoms with Gasteiger partial charge in [-0.25, -0.2) is 4.99 Å². The van der Waals surface area contributed by atoms with E-state index >= 15 is 0 Å². The van der Waals surface area contributed by atoms with Crippen LogP contribution in [-0.4, -0.2) is 73.2 Å². The summed E-state index contributed by atoms with van der Waals surface area (Å²) in [5.41, 5.74) is 0.254. The van der Waals surface area contributed by atoms with Crippen LogP contribution in [0.1, 0.15) is 6.92 Å². The monoisotopic (exact) mass is 390 g/mol. The minimum absolute atomic E-state index is 0. The predicted molar refractivity (Wildman–Crippen MR) is 91.3 cm³/mol. The topological polar surface area (TPSA) is 22.1 Å². The molecule has 0 aliphatic carbocycles. The molecule has 0 fully saturated rings. The highest BCUT2D eigenvalue weighted by Crippen LogP contribution is 2.38. The summed E-state index contributed by atoms with van der Waals surface area (Å²) in [5, 5.41) is 1.11. The fourth-order valence-corrected chi connectivity index (χ4v) is 3.83. The van der Waals surface area contributed by atoms with Crippen molar-refractivity contribution in [1.82, 2.24) is 14.7 Å². The first-order chi connectivity index (χ1) is 7.41. The molecule has 2 atom stereocenters. The number of aliphatic imine (C=N–C) groups is 1. The second-order valence-electron chi connectivity index (χ2n) is 4.56. The first kappa shape index (κ1) is 17.8. The molecule has 0 radical (unpaired) electrons. The molecule has 0 spiro atoms. The summed E-state index contributed by atoms with van der Waals surface area (Å²) in [6.45, 7) is 3.27. The lowest BCUT2D eigenvalue weighted by Gasteiger charge is -2.27. The van der Waals surface area contributed by atoms with Crippen molar-refractivity contribution in [2.75, 3.05) is 41.8 Å². The molecule has 17 heavy (non-hydrogen) atoms. The Balaban J connectivity index is 0.00000256. The molecule has 0 aromatic rings. The predicted octanol–water partition coefficient (Wildman–Crippen LogP) is 2.08. The minimum atomic E-state index is 0. The van der Waals surface area contributed by atoms with Crippen molar-refractivity contribution in [3.05, 3.63) is 0 Å². The summed E-state index contributed by atoms with van der Waals surface area (Å²) in [6, 6.07) is 0.550. The van der Waals surface area contributed by atoms with Crippen molar-refractivity contribution < 1.29 is 0 Å². The Morgan fingerprint density at radius 3 is 2.24 bits per heavy atom.